The number of aromatic nitrogens is 3. The monoisotopic (exact) mass is 363 g/mol. The van der Waals surface area contributed by atoms with Gasteiger partial charge in [-0.1, -0.05) is 20.8 Å². The molecule has 26 heavy (non-hydrogen) atoms. The largest absolute Gasteiger partial charge is 0.354 e. The molecule has 1 saturated heterocycles. The Bertz CT molecular complexity index is 583. The van der Waals surface area contributed by atoms with Crippen molar-refractivity contribution in [1.82, 2.24) is 25.0 Å². The van der Waals surface area contributed by atoms with Gasteiger partial charge in [0, 0.05) is 37.5 Å². The van der Waals surface area contributed by atoms with Crippen LogP contribution in [0.1, 0.15) is 90.3 Å². The van der Waals surface area contributed by atoms with Crippen molar-refractivity contribution < 1.29 is 4.79 Å². The summed E-state index contributed by atoms with van der Waals surface area (Å²) < 4.78 is 2.38. The topological polar surface area (TPSA) is 63.1 Å². The first-order valence-electron chi connectivity index (χ1n) is 10.3. The van der Waals surface area contributed by atoms with E-state index in [4.69, 9.17) is 0 Å². The van der Waals surface area contributed by atoms with E-state index in [1.54, 1.807) is 6.92 Å². The van der Waals surface area contributed by atoms with Gasteiger partial charge >= 0.3 is 0 Å². The highest BCUT2D eigenvalue weighted by Crippen LogP contribution is 2.30. The van der Waals surface area contributed by atoms with E-state index in [9.17, 15) is 4.79 Å². The number of likely N-dealkylation sites (tertiary alicyclic amines) is 1. The Morgan fingerprint density at radius 2 is 2.04 bits per heavy atom. The van der Waals surface area contributed by atoms with Crippen molar-refractivity contribution in [2.24, 2.45) is 0 Å². The van der Waals surface area contributed by atoms with Gasteiger partial charge in [0.05, 0.1) is 0 Å². The van der Waals surface area contributed by atoms with E-state index in [2.05, 4.69) is 59.6 Å². The molecule has 6 nitrogen and oxygen atoms in total. The average Bonchev–Trinajstić information content (AvgIpc) is 3.16. The zero-order valence-corrected chi connectivity index (χ0v) is 17.5. The van der Waals surface area contributed by atoms with Crippen molar-refractivity contribution in [2.75, 3.05) is 13.1 Å². The Morgan fingerprint density at radius 1 is 1.31 bits per heavy atom. The number of rotatable bonds is 9. The van der Waals surface area contributed by atoms with Crippen LogP contribution >= 0.6 is 0 Å². The highest BCUT2D eigenvalue weighted by Gasteiger charge is 2.29. The minimum absolute atomic E-state index is 0.0609. The van der Waals surface area contributed by atoms with Crippen molar-refractivity contribution >= 4 is 5.91 Å². The normalized spacial score (nSPS) is 20.5. The van der Waals surface area contributed by atoms with Gasteiger partial charge in [0.15, 0.2) is 0 Å². The molecule has 6 heteroatoms. The Balaban J connectivity index is 2.00. The molecule has 3 atom stereocenters. The van der Waals surface area contributed by atoms with Crippen LogP contribution in [0.15, 0.2) is 0 Å². The number of nitrogens with one attached hydrogen (secondary N) is 1. The number of nitrogens with zero attached hydrogens (tertiary/aromatic N) is 4. The van der Waals surface area contributed by atoms with E-state index < -0.39 is 0 Å². The molecule has 1 aromatic heterocycles. The molecule has 148 valence electrons. The Kier molecular flexibility index (Phi) is 7.62. The van der Waals surface area contributed by atoms with Crippen LogP contribution in [-0.4, -0.2) is 50.7 Å². The third-order valence-corrected chi connectivity index (χ3v) is 5.59. The summed E-state index contributed by atoms with van der Waals surface area (Å²) in [6, 6.07) is 1.32. The summed E-state index contributed by atoms with van der Waals surface area (Å²) in [6.45, 7) is 14.6. The Morgan fingerprint density at radius 3 is 2.65 bits per heavy atom. The highest BCUT2D eigenvalue weighted by molar-refractivity contribution is 5.73. The van der Waals surface area contributed by atoms with Crippen LogP contribution in [0.2, 0.25) is 0 Å². The molecule has 0 saturated carbocycles. The lowest BCUT2D eigenvalue weighted by Crippen LogP contribution is -2.37. The van der Waals surface area contributed by atoms with Gasteiger partial charge in [0.2, 0.25) is 5.91 Å². The summed E-state index contributed by atoms with van der Waals surface area (Å²) in [5.74, 6) is 2.59. The number of aryl methyl sites for hydroxylation is 1. The fourth-order valence-corrected chi connectivity index (χ4v) is 4.23. The third-order valence-electron chi connectivity index (χ3n) is 5.59. The Hall–Kier alpha value is -1.43. The molecule has 2 rings (SSSR count). The summed E-state index contributed by atoms with van der Waals surface area (Å²) in [5, 5.41) is 11.8. The van der Waals surface area contributed by atoms with E-state index in [0.29, 0.717) is 18.0 Å². The quantitative estimate of drug-likeness (QED) is 0.730. The van der Waals surface area contributed by atoms with Crippen LogP contribution in [0.3, 0.4) is 0 Å². The molecule has 1 N–H and O–H groups in total. The van der Waals surface area contributed by atoms with Crippen molar-refractivity contribution in [1.29, 1.82) is 0 Å². The molecule has 2 heterocycles. The molecule has 0 aliphatic carbocycles. The van der Waals surface area contributed by atoms with Crippen LogP contribution in [-0.2, 0) is 4.79 Å². The van der Waals surface area contributed by atoms with Crippen molar-refractivity contribution in [3.63, 3.8) is 0 Å². The molecular weight excluding hydrogens is 326 g/mol. The number of hydrogen-bond acceptors (Lipinski definition) is 4. The summed E-state index contributed by atoms with van der Waals surface area (Å²) in [5.41, 5.74) is 0. The molecule has 3 unspecified atom stereocenters. The summed E-state index contributed by atoms with van der Waals surface area (Å²) in [7, 11) is 0. The average molecular weight is 364 g/mol. The van der Waals surface area contributed by atoms with Gasteiger partial charge in [0.25, 0.3) is 0 Å². The van der Waals surface area contributed by atoms with E-state index >= 15 is 0 Å². The van der Waals surface area contributed by atoms with E-state index in [1.165, 1.54) is 19.4 Å². The molecule has 1 amide bonds. The van der Waals surface area contributed by atoms with Gasteiger partial charge in [-0.25, -0.2) is 0 Å². The maximum atomic E-state index is 11.2. The fourth-order valence-electron chi connectivity index (χ4n) is 4.23. The number of carbonyl (C=O) groups is 1. The van der Waals surface area contributed by atoms with Gasteiger partial charge in [-0.2, -0.15) is 0 Å². The number of carbonyl (C=O) groups excluding carboxylic acids is 1. The second kappa shape index (κ2) is 9.49. The lowest BCUT2D eigenvalue weighted by atomic mass is 10.0. The zero-order valence-electron chi connectivity index (χ0n) is 17.5. The summed E-state index contributed by atoms with van der Waals surface area (Å²) in [4.78, 5) is 13.8. The molecule has 0 spiro atoms. The van der Waals surface area contributed by atoms with Crippen LogP contribution in [0.25, 0.3) is 0 Å². The zero-order chi connectivity index (χ0) is 19.3. The van der Waals surface area contributed by atoms with Gasteiger partial charge in [0.1, 0.15) is 11.6 Å². The number of amides is 1. The predicted octanol–water partition coefficient (Wildman–Crippen LogP) is 3.43. The maximum absolute atomic E-state index is 11.2. The lowest BCUT2D eigenvalue weighted by Gasteiger charge is -2.30. The summed E-state index contributed by atoms with van der Waals surface area (Å²) in [6.07, 6.45) is 5.81. The van der Waals surface area contributed by atoms with Crippen molar-refractivity contribution in [3.05, 3.63) is 11.6 Å². The van der Waals surface area contributed by atoms with E-state index in [0.717, 1.165) is 37.5 Å². The van der Waals surface area contributed by atoms with Crippen LogP contribution in [0.4, 0.5) is 0 Å². The molecule has 1 fully saturated rings. The van der Waals surface area contributed by atoms with Gasteiger partial charge in [-0.15, -0.1) is 10.2 Å². The molecule has 0 aromatic carbocycles. The van der Waals surface area contributed by atoms with Crippen LogP contribution < -0.4 is 5.32 Å². The first-order valence-corrected chi connectivity index (χ1v) is 10.3. The van der Waals surface area contributed by atoms with Gasteiger partial charge < -0.3 is 14.8 Å². The maximum Gasteiger partial charge on any atom is 0.217 e. The van der Waals surface area contributed by atoms with Gasteiger partial charge in [-0.3, -0.25) is 4.79 Å². The Labute approximate surface area is 158 Å². The minimum atomic E-state index is 0.0609. The molecule has 0 radical (unpaired) electrons. The van der Waals surface area contributed by atoms with E-state index in [-0.39, 0.29) is 11.9 Å². The first kappa shape index (κ1) is 20.9. The van der Waals surface area contributed by atoms with Crippen LogP contribution in [0.5, 0.6) is 0 Å². The highest BCUT2D eigenvalue weighted by atomic mass is 16.1. The summed E-state index contributed by atoms with van der Waals surface area (Å²) >= 11 is 0. The lowest BCUT2D eigenvalue weighted by molar-refractivity contribution is -0.119. The second-order valence-corrected chi connectivity index (χ2v) is 8.15. The molecule has 1 aromatic rings. The predicted molar refractivity (Wildman–Crippen MR) is 105 cm³/mol. The molecule has 1 aliphatic heterocycles. The minimum Gasteiger partial charge on any atom is -0.354 e. The van der Waals surface area contributed by atoms with Crippen molar-refractivity contribution in [2.45, 2.75) is 97.7 Å². The van der Waals surface area contributed by atoms with E-state index in [1.807, 2.05) is 0 Å². The molecule has 0 bridgehead atoms. The van der Waals surface area contributed by atoms with Gasteiger partial charge in [-0.05, 0) is 52.5 Å². The first-order chi connectivity index (χ1) is 12.3. The second-order valence-electron chi connectivity index (χ2n) is 8.15. The SMILES string of the molecule is CCC(CC1CCCN1CCC(C)NC(C)=O)n1c(C)nnc1C(C)C. The molecule has 1 aliphatic rings. The fraction of sp³-hybridized carbons (Fsp3) is 0.850. The standard InChI is InChI=1S/C20H37N5O/c1-7-18(25-16(5)22-23-20(25)14(2)3)13-19-9-8-11-24(19)12-10-15(4)21-17(6)26/h14-15,18-19H,7-13H2,1-6H3,(H,21,26). The number of hydrogen-bond donors (Lipinski definition) is 1. The van der Waals surface area contributed by atoms with Crippen molar-refractivity contribution in [3.8, 4) is 0 Å². The molecular formula is C20H37N5O. The van der Waals surface area contributed by atoms with Crippen LogP contribution in [0, 0.1) is 6.92 Å². The third kappa shape index (κ3) is 5.29. The smallest absolute Gasteiger partial charge is 0.217 e.